The van der Waals surface area contributed by atoms with Gasteiger partial charge in [-0.25, -0.2) is 14.6 Å². The molecule has 4 atom stereocenters. The molecule has 206 valence electrons. The van der Waals surface area contributed by atoms with E-state index in [0.717, 1.165) is 0 Å². The molecule has 0 aliphatic carbocycles. The Kier molecular flexibility index (Phi) is 8.02. The third kappa shape index (κ3) is 5.11. The number of nitrogens with zero attached hydrogens (tertiary/aromatic N) is 4. The molecule has 1 aromatic carbocycles. The van der Waals surface area contributed by atoms with Crippen LogP contribution in [0, 0.1) is 12.3 Å². The molecule has 2 aromatic heterocycles. The summed E-state index contributed by atoms with van der Waals surface area (Å²) in [4.78, 5) is 36.6. The molecule has 1 aliphatic rings. The molecule has 14 nitrogen and oxygen atoms in total. The number of ether oxygens (including phenoxy) is 2. The number of aliphatic hydroxyl groups is 3. The maximum atomic E-state index is 12.1. The molecule has 1 unspecified atom stereocenters. The number of hydrogen-bond acceptors (Lipinski definition) is 11. The quantitative estimate of drug-likeness (QED) is 0.101. The third-order valence-electron chi connectivity index (χ3n) is 6.29. The fourth-order valence-electron chi connectivity index (χ4n) is 4.21. The zero-order valence-corrected chi connectivity index (χ0v) is 20.9. The summed E-state index contributed by atoms with van der Waals surface area (Å²) in [6.07, 6.45) is 1.41. The monoisotopic (exact) mass is 561 g/mol. The third-order valence-corrected chi connectivity index (χ3v) is 6.46. The van der Waals surface area contributed by atoms with Gasteiger partial charge in [-0.2, -0.15) is 9.97 Å². The van der Waals surface area contributed by atoms with Crippen LogP contribution < -0.4 is 5.32 Å². The van der Waals surface area contributed by atoms with Crippen LogP contribution in [0.2, 0.25) is 5.28 Å². The molecule has 15 heteroatoms. The number of carboxylic acids is 2. The van der Waals surface area contributed by atoms with Gasteiger partial charge in [-0.15, -0.1) is 6.42 Å². The Morgan fingerprint density at radius 2 is 1.95 bits per heavy atom. The normalized spacial score (nSPS) is 23.0. The van der Waals surface area contributed by atoms with Crippen molar-refractivity contribution in [2.24, 2.45) is 0 Å². The molecule has 3 heterocycles. The summed E-state index contributed by atoms with van der Waals surface area (Å²) in [5.41, 5.74) is -4.53. The van der Waals surface area contributed by atoms with Gasteiger partial charge in [0, 0.05) is 13.0 Å². The van der Waals surface area contributed by atoms with Crippen LogP contribution in [0.5, 0.6) is 0 Å². The Morgan fingerprint density at radius 3 is 2.56 bits per heavy atom. The maximum absolute atomic E-state index is 12.1. The fourth-order valence-corrected chi connectivity index (χ4v) is 4.37. The molecular formula is C24H24ClN5O9. The molecule has 0 radical (unpaired) electrons. The van der Waals surface area contributed by atoms with Crippen LogP contribution in [0.25, 0.3) is 11.2 Å². The van der Waals surface area contributed by atoms with E-state index in [2.05, 4.69) is 20.3 Å². The molecule has 1 fully saturated rings. The van der Waals surface area contributed by atoms with Gasteiger partial charge >= 0.3 is 11.9 Å². The Labute approximate surface area is 225 Å². The molecule has 0 saturated carbocycles. The van der Waals surface area contributed by atoms with Gasteiger partial charge in [-0.05, 0) is 17.2 Å². The number of carboxylic acid groups (broad SMARTS) is 2. The van der Waals surface area contributed by atoms with Crippen molar-refractivity contribution in [2.75, 3.05) is 25.1 Å². The highest BCUT2D eigenvalue weighted by Crippen LogP contribution is 2.39. The molecule has 0 bridgehead atoms. The first-order chi connectivity index (χ1) is 18.6. The van der Waals surface area contributed by atoms with Gasteiger partial charge in [0.15, 0.2) is 28.8 Å². The highest BCUT2D eigenvalue weighted by atomic mass is 35.5. The summed E-state index contributed by atoms with van der Waals surface area (Å²) in [5, 5.41) is 53.6. The number of terminal acetylenes is 1. The van der Waals surface area contributed by atoms with Gasteiger partial charge in [0.2, 0.25) is 5.28 Å². The second-order valence-electron chi connectivity index (χ2n) is 8.66. The Bertz CT molecular complexity index is 1400. The van der Waals surface area contributed by atoms with E-state index in [1.54, 1.807) is 18.2 Å². The number of benzene rings is 1. The lowest BCUT2D eigenvalue weighted by molar-refractivity contribution is -0.191. The van der Waals surface area contributed by atoms with Gasteiger partial charge in [0.1, 0.15) is 12.2 Å². The number of imidazole rings is 1. The first-order valence-corrected chi connectivity index (χ1v) is 11.9. The van der Waals surface area contributed by atoms with Gasteiger partial charge < -0.3 is 40.3 Å². The van der Waals surface area contributed by atoms with Crippen molar-refractivity contribution in [1.29, 1.82) is 0 Å². The van der Waals surface area contributed by atoms with E-state index in [0.29, 0.717) is 5.56 Å². The lowest BCUT2D eigenvalue weighted by atomic mass is 9.92. The maximum Gasteiger partial charge on any atom is 0.348 e. The van der Waals surface area contributed by atoms with Crippen LogP contribution in [0.3, 0.4) is 0 Å². The Hall–Kier alpha value is -3.84. The highest BCUT2D eigenvalue weighted by molar-refractivity contribution is 6.28. The molecule has 1 saturated heterocycles. The minimum Gasteiger partial charge on any atom is -0.479 e. The number of halogens is 1. The van der Waals surface area contributed by atoms with Crippen molar-refractivity contribution in [3.8, 4) is 12.3 Å². The molecule has 4 rings (SSSR count). The predicted octanol–water partition coefficient (Wildman–Crippen LogP) is -0.326. The van der Waals surface area contributed by atoms with Gasteiger partial charge in [0.05, 0.1) is 19.5 Å². The zero-order chi connectivity index (χ0) is 28.4. The molecule has 1 aliphatic heterocycles. The predicted molar refractivity (Wildman–Crippen MR) is 134 cm³/mol. The van der Waals surface area contributed by atoms with Crippen molar-refractivity contribution in [3.05, 3.63) is 47.5 Å². The number of aromatic nitrogens is 4. The van der Waals surface area contributed by atoms with E-state index in [1.165, 1.54) is 23.0 Å². The van der Waals surface area contributed by atoms with E-state index >= 15 is 0 Å². The van der Waals surface area contributed by atoms with Crippen LogP contribution in [-0.4, -0.2) is 100 Å². The summed E-state index contributed by atoms with van der Waals surface area (Å²) < 4.78 is 12.5. The van der Waals surface area contributed by atoms with Crippen LogP contribution in [0.1, 0.15) is 11.8 Å². The summed E-state index contributed by atoms with van der Waals surface area (Å²) in [7, 11) is 0. The van der Waals surface area contributed by atoms with E-state index in [1.807, 2.05) is 5.92 Å². The van der Waals surface area contributed by atoms with Gasteiger partial charge in [0.25, 0.3) is 5.60 Å². The van der Waals surface area contributed by atoms with Crippen LogP contribution in [0.15, 0.2) is 36.7 Å². The number of carbonyl (C=O) groups is 2. The van der Waals surface area contributed by atoms with E-state index in [4.69, 9.17) is 32.6 Å². The number of anilines is 1. The van der Waals surface area contributed by atoms with Crippen molar-refractivity contribution >= 4 is 40.5 Å². The van der Waals surface area contributed by atoms with E-state index in [9.17, 15) is 30.0 Å². The van der Waals surface area contributed by atoms with Gasteiger partial charge in [-0.1, -0.05) is 36.3 Å². The topological polar surface area (TPSA) is 209 Å². The Balaban J connectivity index is 1.65. The first kappa shape index (κ1) is 28.2. The van der Waals surface area contributed by atoms with E-state index in [-0.39, 0.29) is 35.4 Å². The fraction of sp³-hybridized carbons (Fsp3) is 0.375. The number of aliphatic hydroxyl groups excluding tert-OH is 2. The minimum atomic E-state index is -2.75. The summed E-state index contributed by atoms with van der Waals surface area (Å²) >= 11 is 6.03. The second kappa shape index (κ2) is 11.1. The number of fused-ring (bicyclic) bond motifs is 1. The van der Waals surface area contributed by atoms with Crippen LogP contribution >= 0.6 is 11.6 Å². The SMILES string of the molecule is C#C[C@@]1(O)C(COC(Cc2ccccc2)(C(=O)O)C(=O)O)O[C@@H](n2cnc3c(NCCO)nc(Cl)nc32)[C@@H]1O. The average molecular weight is 562 g/mol. The largest absolute Gasteiger partial charge is 0.479 e. The standard InChI is InChI=1S/C24H24ClN5O9/c1-2-23(37)14(11-38-24(20(33)34,21(35)36)10-13-6-4-3-5-7-13)39-19(16(23)32)30-12-27-15-17(26-8-9-31)28-22(25)29-18(15)30/h1,3-7,12,14,16,19,31-32,37H,8-11H2,(H,33,34)(H,35,36)(H,26,28,29)/t14?,16-,19+,23+/m0/s1. The molecule has 6 N–H and O–H groups in total. The summed E-state index contributed by atoms with van der Waals surface area (Å²) in [6, 6.07) is 7.97. The zero-order valence-electron chi connectivity index (χ0n) is 20.1. The minimum absolute atomic E-state index is 0.0786. The number of hydrogen-bond donors (Lipinski definition) is 6. The van der Waals surface area contributed by atoms with Crippen LogP contribution in [-0.2, 0) is 25.5 Å². The number of rotatable bonds is 11. The number of nitrogens with one attached hydrogen (secondary N) is 1. The number of aliphatic carboxylic acids is 2. The van der Waals surface area contributed by atoms with E-state index < -0.39 is 54.6 Å². The van der Waals surface area contributed by atoms with Gasteiger partial charge in [-0.3, -0.25) is 4.57 Å². The Morgan fingerprint density at radius 1 is 1.26 bits per heavy atom. The van der Waals surface area contributed by atoms with Crippen molar-refractivity contribution < 1.29 is 44.6 Å². The van der Waals surface area contributed by atoms with Crippen molar-refractivity contribution in [3.63, 3.8) is 0 Å². The molecule has 3 aromatic rings. The van der Waals surface area contributed by atoms with Crippen molar-refractivity contribution in [1.82, 2.24) is 19.5 Å². The molecule has 39 heavy (non-hydrogen) atoms. The molecule has 0 amide bonds. The summed E-state index contributed by atoms with van der Waals surface area (Å²) in [6.45, 7) is -0.888. The summed E-state index contributed by atoms with van der Waals surface area (Å²) in [5.74, 6) is -1.33. The molecule has 0 spiro atoms. The average Bonchev–Trinajstić information content (AvgIpc) is 3.44. The van der Waals surface area contributed by atoms with Crippen LogP contribution in [0.4, 0.5) is 5.82 Å². The lowest BCUT2D eigenvalue weighted by Gasteiger charge is -2.30. The molecular weight excluding hydrogens is 538 g/mol. The first-order valence-electron chi connectivity index (χ1n) is 11.5. The van der Waals surface area contributed by atoms with Crippen molar-refractivity contribution in [2.45, 2.75) is 36.1 Å². The lowest BCUT2D eigenvalue weighted by Crippen LogP contribution is -2.55. The second-order valence-corrected chi connectivity index (χ2v) is 8.99. The highest BCUT2D eigenvalue weighted by Gasteiger charge is 2.57. The smallest absolute Gasteiger partial charge is 0.348 e.